The summed E-state index contributed by atoms with van der Waals surface area (Å²) in [5.41, 5.74) is 0. The highest BCUT2D eigenvalue weighted by Crippen LogP contribution is 2.23. The number of unbranched alkanes of at least 4 members (excludes halogenated alkanes) is 2. The summed E-state index contributed by atoms with van der Waals surface area (Å²) in [4.78, 5) is 5.12. The van der Waals surface area contributed by atoms with Crippen LogP contribution in [0.3, 0.4) is 0 Å². The van der Waals surface area contributed by atoms with Gasteiger partial charge >= 0.3 is 0 Å². The normalized spacial score (nSPS) is 10.7. The zero-order chi connectivity index (χ0) is 16.9. The molecule has 0 amide bonds. The van der Waals surface area contributed by atoms with Crippen LogP contribution in [-0.2, 0) is 4.84 Å². The highest BCUT2D eigenvalue weighted by molar-refractivity contribution is 5.55. The molecule has 0 radical (unpaired) electrons. The van der Waals surface area contributed by atoms with Gasteiger partial charge in [-0.1, -0.05) is 30.3 Å². The largest absolute Gasteiger partial charge is 0.494 e. The van der Waals surface area contributed by atoms with E-state index < -0.39 is 0 Å². The van der Waals surface area contributed by atoms with Crippen molar-refractivity contribution in [2.24, 2.45) is 5.16 Å². The summed E-state index contributed by atoms with van der Waals surface area (Å²) in [6.45, 7) is 3.41. The van der Waals surface area contributed by atoms with Gasteiger partial charge < -0.3 is 14.3 Å². The van der Waals surface area contributed by atoms with E-state index in [1.165, 1.54) is 0 Å². The Hall–Kier alpha value is -2.49. The summed E-state index contributed by atoms with van der Waals surface area (Å²) in [6.07, 6.45) is 5.74. The lowest BCUT2D eigenvalue weighted by Crippen LogP contribution is -1.98. The summed E-state index contributed by atoms with van der Waals surface area (Å²) in [7, 11) is 0. The van der Waals surface area contributed by atoms with Gasteiger partial charge in [0.2, 0.25) is 0 Å². The van der Waals surface area contributed by atoms with E-state index >= 15 is 0 Å². The van der Waals surface area contributed by atoms with Crippen LogP contribution in [0.1, 0.15) is 32.6 Å². The second-order valence-corrected chi connectivity index (χ2v) is 5.33. The monoisotopic (exact) mass is 327 g/mol. The molecule has 0 saturated carbocycles. The van der Waals surface area contributed by atoms with E-state index in [1.54, 1.807) is 6.21 Å². The second kappa shape index (κ2) is 11.1. The predicted octanol–water partition coefficient (Wildman–Crippen LogP) is 5.44. The average Bonchev–Trinajstić information content (AvgIpc) is 2.62. The standard InChI is InChI=1S/C20H25NO3/c1-2-15-21-23-17-8-4-7-16-22-18-11-13-20(14-12-18)24-19-9-5-3-6-10-19/h3,5-6,9-15H,2,4,7-8,16-17H2,1H3/b21-15+. The van der Waals surface area contributed by atoms with Crippen molar-refractivity contribution in [2.75, 3.05) is 13.2 Å². The summed E-state index contributed by atoms with van der Waals surface area (Å²) in [6, 6.07) is 17.4. The van der Waals surface area contributed by atoms with Crippen molar-refractivity contribution in [2.45, 2.75) is 32.6 Å². The Morgan fingerprint density at radius 1 is 0.792 bits per heavy atom. The van der Waals surface area contributed by atoms with Crippen molar-refractivity contribution in [3.63, 3.8) is 0 Å². The third kappa shape index (κ3) is 7.18. The smallest absolute Gasteiger partial charge is 0.127 e. The lowest BCUT2D eigenvalue weighted by molar-refractivity contribution is 0.139. The maximum Gasteiger partial charge on any atom is 0.127 e. The first-order valence-electron chi connectivity index (χ1n) is 8.48. The van der Waals surface area contributed by atoms with E-state index in [0.717, 1.165) is 42.9 Å². The number of para-hydroxylation sites is 1. The molecule has 2 aromatic carbocycles. The van der Waals surface area contributed by atoms with Crippen LogP contribution in [0.15, 0.2) is 59.8 Å². The number of hydrogen-bond donors (Lipinski definition) is 0. The Kier molecular flexibility index (Phi) is 8.27. The fraction of sp³-hybridized carbons (Fsp3) is 0.350. The highest BCUT2D eigenvalue weighted by Gasteiger charge is 1.98. The molecule has 0 N–H and O–H groups in total. The number of ether oxygens (including phenoxy) is 2. The van der Waals surface area contributed by atoms with E-state index in [-0.39, 0.29) is 0 Å². The van der Waals surface area contributed by atoms with E-state index in [0.29, 0.717) is 13.2 Å². The van der Waals surface area contributed by atoms with Crippen LogP contribution >= 0.6 is 0 Å². The lowest BCUT2D eigenvalue weighted by Gasteiger charge is -2.08. The molecule has 0 atom stereocenters. The Bertz CT molecular complexity index is 582. The molecule has 0 heterocycles. The SMILES string of the molecule is CC/C=N/OCCCCCOc1ccc(Oc2ccccc2)cc1. The minimum absolute atomic E-state index is 0.669. The lowest BCUT2D eigenvalue weighted by atomic mass is 10.2. The van der Waals surface area contributed by atoms with Crippen LogP contribution in [0.2, 0.25) is 0 Å². The van der Waals surface area contributed by atoms with Gasteiger partial charge in [-0.3, -0.25) is 0 Å². The van der Waals surface area contributed by atoms with Crippen molar-refractivity contribution in [3.05, 3.63) is 54.6 Å². The topological polar surface area (TPSA) is 40.0 Å². The van der Waals surface area contributed by atoms with Gasteiger partial charge in [0.15, 0.2) is 0 Å². The van der Waals surface area contributed by atoms with Crippen LogP contribution in [0, 0.1) is 0 Å². The number of rotatable bonds is 11. The summed E-state index contributed by atoms with van der Waals surface area (Å²) < 4.78 is 11.5. The van der Waals surface area contributed by atoms with Crippen molar-refractivity contribution in [3.8, 4) is 17.2 Å². The van der Waals surface area contributed by atoms with Crippen molar-refractivity contribution < 1.29 is 14.3 Å². The van der Waals surface area contributed by atoms with Crippen molar-refractivity contribution in [1.82, 2.24) is 0 Å². The second-order valence-electron chi connectivity index (χ2n) is 5.33. The number of nitrogens with zero attached hydrogens (tertiary/aromatic N) is 1. The first kappa shape index (κ1) is 17.9. The molecule has 128 valence electrons. The Balaban J connectivity index is 1.59. The van der Waals surface area contributed by atoms with E-state index in [4.69, 9.17) is 14.3 Å². The van der Waals surface area contributed by atoms with Crippen LogP contribution in [0.25, 0.3) is 0 Å². The molecule has 0 aliphatic rings. The number of hydrogen-bond acceptors (Lipinski definition) is 4. The summed E-state index contributed by atoms with van der Waals surface area (Å²) in [5, 5.41) is 3.83. The van der Waals surface area contributed by atoms with Crippen LogP contribution in [-0.4, -0.2) is 19.4 Å². The molecular weight excluding hydrogens is 302 g/mol. The quantitative estimate of drug-likeness (QED) is 0.313. The maximum absolute atomic E-state index is 5.75. The molecule has 0 spiro atoms. The van der Waals surface area contributed by atoms with Crippen molar-refractivity contribution >= 4 is 6.21 Å². The molecule has 0 fully saturated rings. The third-order valence-corrected chi connectivity index (χ3v) is 3.28. The highest BCUT2D eigenvalue weighted by atomic mass is 16.6. The first-order valence-corrected chi connectivity index (χ1v) is 8.48. The number of oxime groups is 1. The van der Waals surface area contributed by atoms with Crippen molar-refractivity contribution in [1.29, 1.82) is 0 Å². The average molecular weight is 327 g/mol. The zero-order valence-corrected chi connectivity index (χ0v) is 14.2. The van der Waals surface area contributed by atoms with E-state index in [9.17, 15) is 0 Å². The Labute approximate surface area is 144 Å². The zero-order valence-electron chi connectivity index (χ0n) is 14.2. The molecule has 2 aromatic rings. The fourth-order valence-corrected chi connectivity index (χ4v) is 2.04. The molecule has 2 rings (SSSR count). The van der Waals surface area contributed by atoms with Gasteiger partial charge in [-0.15, -0.1) is 0 Å². The predicted molar refractivity (Wildman–Crippen MR) is 97.0 cm³/mol. The van der Waals surface area contributed by atoms with Gasteiger partial charge in [0.05, 0.1) is 6.61 Å². The van der Waals surface area contributed by atoms with Gasteiger partial charge in [0.25, 0.3) is 0 Å². The van der Waals surface area contributed by atoms with Crippen LogP contribution < -0.4 is 9.47 Å². The van der Waals surface area contributed by atoms with Gasteiger partial charge in [-0.05, 0) is 62.1 Å². The Morgan fingerprint density at radius 3 is 2.21 bits per heavy atom. The molecule has 0 unspecified atom stereocenters. The minimum atomic E-state index is 0.669. The first-order chi connectivity index (χ1) is 11.9. The molecule has 0 bridgehead atoms. The maximum atomic E-state index is 5.75. The van der Waals surface area contributed by atoms with Gasteiger partial charge in [-0.25, -0.2) is 0 Å². The molecular formula is C20H25NO3. The van der Waals surface area contributed by atoms with Gasteiger partial charge in [-0.2, -0.15) is 0 Å². The van der Waals surface area contributed by atoms with E-state index in [1.807, 2.05) is 61.5 Å². The van der Waals surface area contributed by atoms with Gasteiger partial charge in [0.1, 0.15) is 23.9 Å². The van der Waals surface area contributed by atoms with Crippen LogP contribution in [0.5, 0.6) is 17.2 Å². The molecule has 0 aliphatic heterocycles. The Morgan fingerprint density at radius 2 is 1.46 bits per heavy atom. The third-order valence-electron chi connectivity index (χ3n) is 3.28. The molecule has 0 saturated heterocycles. The van der Waals surface area contributed by atoms with Crippen LogP contribution in [0.4, 0.5) is 0 Å². The molecule has 4 heteroatoms. The molecule has 0 aromatic heterocycles. The summed E-state index contributed by atoms with van der Waals surface area (Å²) in [5.74, 6) is 2.49. The molecule has 24 heavy (non-hydrogen) atoms. The summed E-state index contributed by atoms with van der Waals surface area (Å²) >= 11 is 0. The minimum Gasteiger partial charge on any atom is -0.494 e. The molecule has 4 nitrogen and oxygen atoms in total. The van der Waals surface area contributed by atoms with Gasteiger partial charge in [0, 0.05) is 6.21 Å². The number of benzene rings is 2. The fourth-order valence-electron chi connectivity index (χ4n) is 2.04. The van der Waals surface area contributed by atoms with E-state index in [2.05, 4.69) is 5.16 Å². The molecule has 0 aliphatic carbocycles.